The van der Waals surface area contributed by atoms with Crippen LogP contribution in [0.15, 0.2) is 77.3 Å². The molecule has 0 fully saturated rings. The molecule has 6 aromatic rings. The van der Waals surface area contributed by atoms with Crippen molar-refractivity contribution in [1.82, 2.24) is 9.55 Å². The molecular weight excluding hydrogens is 442 g/mol. The number of nitrogens with zero attached hydrogens (tertiary/aromatic N) is 3. The van der Waals surface area contributed by atoms with Gasteiger partial charge in [0.15, 0.2) is 11.0 Å². The first-order valence-corrected chi connectivity index (χ1v) is 12.8. The van der Waals surface area contributed by atoms with E-state index in [2.05, 4.69) is 116 Å². The average molecular weight is 475 g/mol. The summed E-state index contributed by atoms with van der Waals surface area (Å²) in [6.07, 6.45) is 1.78. The van der Waals surface area contributed by atoms with E-state index in [1.807, 2.05) is 6.07 Å². The molecule has 0 atom stereocenters. The number of benzene rings is 3. The first-order valence-electron chi connectivity index (χ1n) is 12.8. The molecule has 4 nitrogen and oxygen atoms in total. The molecule has 4 heteroatoms. The number of hydrogen-bond donors (Lipinski definition) is 0. The summed E-state index contributed by atoms with van der Waals surface area (Å²) in [6.45, 7) is 11.3. The zero-order chi connectivity index (χ0) is 25.1. The molecule has 3 aromatic carbocycles. The predicted molar refractivity (Wildman–Crippen MR) is 148 cm³/mol. The number of fused-ring (bicyclic) bond motifs is 4. The maximum atomic E-state index is 6.22. The van der Waals surface area contributed by atoms with Crippen molar-refractivity contribution in [2.45, 2.75) is 46.5 Å². The molecule has 0 unspecified atom stereocenters. The highest BCUT2D eigenvalue weighted by atomic mass is 16.3. The van der Waals surface area contributed by atoms with Crippen LogP contribution in [0.25, 0.3) is 50.2 Å². The Morgan fingerprint density at radius 1 is 0.833 bits per heavy atom. The molecule has 36 heavy (non-hydrogen) atoms. The number of pyridine rings is 1. The molecule has 0 saturated carbocycles. The summed E-state index contributed by atoms with van der Waals surface area (Å²) in [5.41, 5.74) is 10.3. The minimum absolute atomic E-state index is 0.392. The molecule has 0 aliphatic heterocycles. The summed E-state index contributed by atoms with van der Waals surface area (Å²) < 4.78 is 11.0. The zero-order valence-corrected chi connectivity index (χ0v) is 21.8. The van der Waals surface area contributed by atoms with Gasteiger partial charge in [-0.3, -0.25) is 0 Å². The lowest BCUT2D eigenvalue weighted by molar-refractivity contribution is -0.633. The number of hydrogen-bond acceptors (Lipinski definition) is 2. The van der Waals surface area contributed by atoms with Gasteiger partial charge in [0, 0.05) is 28.1 Å². The molecule has 0 amide bonds. The molecule has 0 aliphatic rings. The summed E-state index contributed by atoms with van der Waals surface area (Å²) in [6, 6.07) is 24.0. The lowest BCUT2D eigenvalue weighted by Crippen LogP contribution is -2.30. The van der Waals surface area contributed by atoms with Crippen LogP contribution in [0.2, 0.25) is 0 Å². The highest BCUT2D eigenvalue weighted by Gasteiger charge is 2.31. The van der Waals surface area contributed by atoms with Gasteiger partial charge < -0.3 is 4.42 Å². The summed E-state index contributed by atoms with van der Waals surface area (Å²) in [5, 5.41) is 2.16. The maximum absolute atomic E-state index is 6.22. The minimum Gasteiger partial charge on any atom is -0.438 e. The lowest BCUT2D eigenvalue weighted by atomic mass is 9.92. The summed E-state index contributed by atoms with van der Waals surface area (Å²) in [5.74, 6) is 1.94. The largest absolute Gasteiger partial charge is 0.438 e. The number of aromatic nitrogens is 3. The third-order valence-electron chi connectivity index (χ3n) is 7.41. The predicted octanol–water partition coefficient (Wildman–Crippen LogP) is 7.97. The number of aryl methyl sites for hydroxylation is 2. The van der Waals surface area contributed by atoms with Crippen molar-refractivity contribution >= 4 is 33.1 Å². The molecule has 180 valence electrons. The van der Waals surface area contributed by atoms with Crippen molar-refractivity contribution in [2.24, 2.45) is 7.05 Å². The quantitative estimate of drug-likeness (QED) is 0.243. The van der Waals surface area contributed by atoms with E-state index in [0.717, 1.165) is 27.7 Å². The Labute approximate surface area is 211 Å². The van der Waals surface area contributed by atoms with Crippen LogP contribution in [0.3, 0.4) is 0 Å². The van der Waals surface area contributed by atoms with Gasteiger partial charge in [-0.15, -0.1) is 0 Å². The topological polar surface area (TPSA) is 34.8 Å². The second-order valence-corrected chi connectivity index (χ2v) is 10.4. The van der Waals surface area contributed by atoms with Gasteiger partial charge in [-0.1, -0.05) is 58.0 Å². The monoisotopic (exact) mass is 474 g/mol. The van der Waals surface area contributed by atoms with E-state index in [1.165, 1.54) is 33.4 Å². The lowest BCUT2D eigenvalue weighted by Gasteiger charge is -2.18. The molecule has 0 spiro atoms. The fourth-order valence-corrected chi connectivity index (χ4v) is 5.62. The number of para-hydroxylation sites is 3. The van der Waals surface area contributed by atoms with Gasteiger partial charge >= 0.3 is 0 Å². The summed E-state index contributed by atoms with van der Waals surface area (Å²) in [7, 11) is 2.17. The van der Waals surface area contributed by atoms with Crippen LogP contribution in [0.1, 0.15) is 56.2 Å². The molecule has 0 aliphatic carbocycles. The zero-order valence-electron chi connectivity index (χ0n) is 21.8. The van der Waals surface area contributed by atoms with Crippen LogP contribution >= 0.6 is 0 Å². The Morgan fingerprint density at radius 2 is 1.56 bits per heavy atom. The Kier molecular flexibility index (Phi) is 5.22. The van der Waals surface area contributed by atoms with Crippen molar-refractivity contribution in [3.05, 3.63) is 89.6 Å². The number of furan rings is 1. The van der Waals surface area contributed by atoms with Gasteiger partial charge in [0.25, 0.3) is 5.82 Å². The van der Waals surface area contributed by atoms with Crippen molar-refractivity contribution in [1.29, 1.82) is 0 Å². The van der Waals surface area contributed by atoms with Gasteiger partial charge in [0.2, 0.25) is 5.71 Å². The molecular formula is C32H32N3O+. The van der Waals surface area contributed by atoms with Crippen molar-refractivity contribution in [3.8, 4) is 17.1 Å². The van der Waals surface area contributed by atoms with E-state index in [-0.39, 0.29) is 0 Å². The van der Waals surface area contributed by atoms with E-state index < -0.39 is 0 Å². The second kappa shape index (κ2) is 8.34. The van der Waals surface area contributed by atoms with E-state index in [4.69, 9.17) is 4.42 Å². The van der Waals surface area contributed by atoms with E-state index in [1.54, 1.807) is 6.20 Å². The first-order chi connectivity index (χ1) is 17.4. The van der Waals surface area contributed by atoms with Crippen molar-refractivity contribution in [3.63, 3.8) is 0 Å². The molecule has 0 radical (unpaired) electrons. The second-order valence-electron chi connectivity index (χ2n) is 10.4. The van der Waals surface area contributed by atoms with Crippen molar-refractivity contribution < 1.29 is 8.98 Å². The molecule has 0 bridgehead atoms. The third kappa shape index (κ3) is 3.28. The first kappa shape index (κ1) is 22.5. The number of rotatable bonds is 4. The van der Waals surface area contributed by atoms with Crippen LogP contribution in [0.5, 0.6) is 0 Å². The molecule has 6 rings (SSSR count). The smallest absolute Gasteiger partial charge is 0.295 e. The Hall–Kier alpha value is -3.92. The van der Waals surface area contributed by atoms with Crippen LogP contribution in [0.4, 0.5) is 0 Å². The van der Waals surface area contributed by atoms with E-state index in [0.29, 0.717) is 17.5 Å². The van der Waals surface area contributed by atoms with Gasteiger partial charge in [-0.25, -0.2) is 9.55 Å². The van der Waals surface area contributed by atoms with Crippen LogP contribution < -0.4 is 4.57 Å². The van der Waals surface area contributed by atoms with Crippen LogP contribution in [-0.4, -0.2) is 9.55 Å². The fourth-order valence-electron chi connectivity index (χ4n) is 5.62. The van der Waals surface area contributed by atoms with E-state index >= 15 is 0 Å². The van der Waals surface area contributed by atoms with E-state index in [9.17, 15) is 0 Å². The third-order valence-corrected chi connectivity index (χ3v) is 7.41. The molecule has 3 aromatic heterocycles. The SMILES string of the molecule is Cc1cc2c(cc1-c1n(-c3c(C(C)C)cccc3C(C)C)c3ccccc3[n+]1C)oc1ncccc12. The number of imidazole rings is 1. The van der Waals surface area contributed by atoms with Gasteiger partial charge in [-0.2, -0.15) is 4.57 Å². The highest BCUT2D eigenvalue weighted by molar-refractivity contribution is 6.05. The maximum Gasteiger partial charge on any atom is 0.295 e. The summed E-state index contributed by atoms with van der Waals surface area (Å²) in [4.78, 5) is 4.45. The van der Waals surface area contributed by atoms with Crippen LogP contribution in [-0.2, 0) is 7.05 Å². The molecule has 0 saturated heterocycles. The van der Waals surface area contributed by atoms with Gasteiger partial charge in [-0.05, 0) is 60.7 Å². The molecule has 0 N–H and O–H groups in total. The van der Waals surface area contributed by atoms with Crippen molar-refractivity contribution in [2.75, 3.05) is 0 Å². The van der Waals surface area contributed by atoms with Gasteiger partial charge in [0.1, 0.15) is 11.3 Å². The Morgan fingerprint density at radius 3 is 2.28 bits per heavy atom. The summed E-state index contributed by atoms with van der Waals surface area (Å²) >= 11 is 0. The fraction of sp³-hybridized carbons (Fsp3) is 0.250. The van der Waals surface area contributed by atoms with Crippen LogP contribution in [0, 0.1) is 6.92 Å². The Bertz CT molecular complexity index is 1740. The average Bonchev–Trinajstić information content (AvgIpc) is 3.37. The molecule has 3 heterocycles. The normalized spacial score (nSPS) is 12.1. The standard InChI is InChI=1S/C32H32N3O/c1-19(2)22-11-9-12-23(20(3)4)30(22)35-28-15-8-7-14-27(28)34(6)32(35)25-18-29-26(17-21(25)5)24-13-10-16-33-31(24)36-29/h7-20H,1-6H3/q+1. The van der Waals surface area contributed by atoms with Gasteiger partial charge in [0.05, 0.1) is 12.6 Å². The minimum atomic E-state index is 0.392. The highest BCUT2D eigenvalue weighted by Crippen LogP contribution is 2.39. The Balaban J connectivity index is 1.76.